The van der Waals surface area contributed by atoms with E-state index in [4.69, 9.17) is 21.1 Å². The third-order valence-electron chi connectivity index (χ3n) is 3.44. The molecule has 0 saturated carbocycles. The van der Waals surface area contributed by atoms with Crippen molar-refractivity contribution in [2.45, 2.75) is 19.4 Å². The van der Waals surface area contributed by atoms with Crippen LogP contribution in [0.4, 0.5) is 5.69 Å². The fraction of sp³-hybridized carbons (Fsp3) is 0.500. The Morgan fingerprint density at radius 2 is 2.37 bits per heavy atom. The molecule has 1 aliphatic heterocycles. The van der Waals surface area contributed by atoms with Gasteiger partial charge in [0, 0.05) is 23.6 Å². The molecule has 1 heterocycles. The fourth-order valence-electron chi connectivity index (χ4n) is 2.23. The summed E-state index contributed by atoms with van der Waals surface area (Å²) in [7, 11) is 1.37. The second kappa shape index (κ2) is 6.26. The minimum Gasteiger partial charge on any atom is -0.465 e. The molecule has 0 spiro atoms. The monoisotopic (exact) mass is 283 g/mol. The largest absolute Gasteiger partial charge is 0.465 e. The normalized spacial score (nSPS) is 20.1. The number of carbonyl (C=O) groups is 1. The zero-order chi connectivity index (χ0) is 13.8. The molecule has 1 fully saturated rings. The van der Waals surface area contributed by atoms with Gasteiger partial charge >= 0.3 is 5.97 Å². The Morgan fingerprint density at radius 1 is 1.58 bits per heavy atom. The van der Waals surface area contributed by atoms with Crippen LogP contribution in [0.25, 0.3) is 0 Å². The van der Waals surface area contributed by atoms with Crippen molar-refractivity contribution in [1.29, 1.82) is 0 Å². The smallest absolute Gasteiger partial charge is 0.339 e. The summed E-state index contributed by atoms with van der Waals surface area (Å²) in [6, 6.07) is 5.32. The molecule has 1 aromatic carbocycles. The molecule has 2 atom stereocenters. The Morgan fingerprint density at radius 3 is 3.00 bits per heavy atom. The highest BCUT2D eigenvalue weighted by Crippen LogP contribution is 2.25. The fourth-order valence-corrected chi connectivity index (χ4v) is 2.41. The Balaban J connectivity index is 2.17. The van der Waals surface area contributed by atoms with Crippen molar-refractivity contribution in [2.75, 3.05) is 25.6 Å². The van der Waals surface area contributed by atoms with Gasteiger partial charge in [-0.25, -0.2) is 4.79 Å². The zero-order valence-electron chi connectivity index (χ0n) is 11.1. The van der Waals surface area contributed by atoms with Crippen LogP contribution < -0.4 is 5.32 Å². The van der Waals surface area contributed by atoms with Crippen LogP contribution in [-0.4, -0.2) is 32.3 Å². The standard InChI is InChI=1S/C14H18ClNO3/c1-9(10-5-6-19-8-10)16-13-7-11(15)3-4-12(13)14(17)18-2/h3-4,7,9-10,16H,5-6,8H2,1-2H3. The number of carbonyl (C=O) groups excluding carboxylic acids is 1. The molecule has 0 radical (unpaired) electrons. The lowest BCUT2D eigenvalue weighted by Gasteiger charge is -2.22. The number of halogens is 1. The van der Waals surface area contributed by atoms with Crippen LogP contribution in [0.5, 0.6) is 0 Å². The molecule has 1 aromatic rings. The van der Waals surface area contributed by atoms with Crippen molar-refractivity contribution in [1.82, 2.24) is 0 Å². The molecule has 0 amide bonds. The van der Waals surface area contributed by atoms with Crippen molar-refractivity contribution in [3.05, 3.63) is 28.8 Å². The molecule has 2 unspecified atom stereocenters. The van der Waals surface area contributed by atoms with Crippen LogP contribution in [0.3, 0.4) is 0 Å². The van der Waals surface area contributed by atoms with Gasteiger partial charge in [0.1, 0.15) is 0 Å². The molecule has 1 N–H and O–H groups in total. The van der Waals surface area contributed by atoms with E-state index in [2.05, 4.69) is 12.2 Å². The SMILES string of the molecule is COC(=O)c1ccc(Cl)cc1NC(C)C1CCOC1. The van der Waals surface area contributed by atoms with Crippen LogP contribution in [0.2, 0.25) is 5.02 Å². The minimum absolute atomic E-state index is 0.212. The highest BCUT2D eigenvalue weighted by atomic mass is 35.5. The number of hydrogen-bond acceptors (Lipinski definition) is 4. The summed E-state index contributed by atoms with van der Waals surface area (Å²) >= 11 is 5.99. The first-order valence-corrected chi connectivity index (χ1v) is 6.71. The summed E-state index contributed by atoms with van der Waals surface area (Å²) in [5.74, 6) is 0.0820. The van der Waals surface area contributed by atoms with Gasteiger partial charge in [-0.05, 0) is 31.5 Å². The maximum atomic E-state index is 11.7. The van der Waals surface area contributed by atoms with Crippen LogP contribution in [-0.2, 0) is 9.47 Å². The molecule has 1 saturated heterocycles. The van der Waals surface area contributed by atoms with E-state index in [1.165, 1.54) is 7.11 Å². The Labute approximate surface area is 118 Å². The maximum Gasteiger partial charge on any atom is 0.339 e. The van der Waals surface area contributed by atoms with Crippen LogP contribution in [0.1, 0.15) is 23.7 Å². The summed E-state index contributed by atoms with van der Waals surface area (Å²) in [5, 5.41) is 3.93. The predicted octanol–water partition coefficient (Wildman–Crippen LogP) is 2.96. The number of methoxy groups -OCH3 is 1. The van der Waals surface area contributed by atoms with E-state index in [9.17, 15) is 4.79 Å². The Kier molecular flexibility index (Phi) is 4.66. The first-order chi connectivity index (χ1) is 9.11. The Hall–Kier alpha value is -1.26. The van der Waals surface area contributed by atoms with E-state index in [1.54, 1.807) is 18.2 Å². The lowest BCUT2D eigenvalue weighted by atomic mass is 10.00. The number of hydrogen-bond donors (Lipinski definition) is 1. The van der Waals surface area contributed by atoms with Crippen LogP contribution in [0, 0.1) is 5.92 Å². The van der Waals surface area contributed by atoms with Gasteiger partial charge in [-0.2, -0.15) is 0 Å². The highest BCUT2D eigenvalue weighted by molar-refractivity contribution is 6.31. The predicted molar refractivity (Wildman–Crippen MR) is 74.8 cm³/mol. The quantitative estimate of drug-likeness (QED) is 0.863. The number of ether oxygens (including phenoxy) is 2. The van der Waals surface area contributed by atoms with Gasteiger partial charge in [0.25, 0.3) is 0 Å². The minimum atomic E-state index is -0.367. The van der Waals surface area contributed by atoms with Crippen LogP contribution in [0.15, 0.2) is 18.2 Å². The molecule has 2 rings (SSSR count). The third kappa shape index (κ3) is 3.39. The summed E-state index contributed by atoms with van der Waals surface area (Å²) < 4.78 is 10.2. The van der Waals surface area contributed by atoms with Crippen molar-refractivity contribution in [3.8, 4) is 0 Å². The summed E-state index contributed by atoms with van der Waals surface area (Å²) in [5.41, 5.74) is 1.21. The van der Waals surface area contributed by atoms with E-state index in [0.29, 0.717) is 22.2 Å². The Bertz CT molecular complexity index is 458. The molecule has 5 heteroatoms. The average molecular weight is 284 g/mol. The highest BCUT2D eigenvalue weighted by Gasteiger charge is 2.23. The van der Waals surface area contributed by atoms with Gasteiger partial charge in [0.2, 0.25) is 0 Å². The molecule has 19 heavy (non-hydrogen) atoms. The molecular formula is C14H18ClNO3. The molecule has 1 aliphatic rings. The van der Waals surface area contributed by atoms with E-state index >= 15 is 0 Å². The van der Waals surface area contributed by atoms with Gasteiger partial charge in [-0.1, -0.05) is 11.6 Å². The van der Waals surface area contributed by atoms with Gasteiger partial charge in [-0.3, -0.25) is 0 Å². The molecule has 4 nitrogen and oxygen atoms in total. The number of anilines is 1. The lowest BCUT2D eigenvalue weighted by molar-refractivity contribution is 0.0602. The number of nitrogens with one attached hydrogen (secondary N) is 1. The van der Waals surface area contributed by atoms with Crippen LogP contribution >= 0.6 is 11.6 Å². The molecule has 104 valence electrons. The average Bonchev–Trinajstić information content (AvgIpc) is 2.92. The zero-order valence-corrected chi connectivity index (χ0v) is 11.9. The lowest BCUT2D eigenvalue weighted by Crippen LogP contribution is -2.27. The second-order valence-electron chi connectivity index (χ2n) is 4.74. The summed E-state index contributed by atoms with van der Waals surface area (Å²) in [6.45, 7) is 3.64. The molecule has 0 aromatic heterocycles. The first kappa shape index (κ1) is 14.2. The topological polar surface area (TPSA) is 47.6 Å². The van der Waals surface area contributed by atoms with Crippen molar-refractivity contribution in [2.24, 2.45) is 5.92 Å². The van der Waals surface area contributed by atoms with E-state index in [0.717, 1.165) is 19.6 Å². The van der Waals surface area contributed by atoms with Crippen molar-refractivity contribution < 1.29 is 14.3 Å². The maximum absolute atomic E-state index is 11.7. The van der Waals surface area contributed by atoms with E-state index in [1.807, 2.05) is 0 Å². The van der Waals surface area contributed by atoms with E-state index in [-0.39, 0.29) is 12.0 Å². The van der Waals surface area contributed by atoms with Crippen molar-refractivity contribution >= 4 is 23.3 Å². The number of esters is 1. The summed E-state index contributed by atoms with van der Waals surface area (Å²) in [4.78, 5) is 11.7. The number of rotatable bonds is 4. The van der Waals surface area contributed by atoms with Gasteiger partial charge in [0.05, 0.1) is 25.0 Å². The molecule has 0 bridgehead atoms. The van der Waals surface area contributed by atoms with Gasteiger partial charge < -0.3 is 14.8 Å². The molecular weight excluding hydrogens is 266 g/mol. The van der Waals surface area contributed by atoms with Gasteiger partial charge in [-0.15, -0.1) is 0 Å². The summed E-state index contributed by atoms with van der Waals surface area (Å²) in [6.07, 6.45) is 1.03. The second-order valence-corrected chi connectivity index (χ2v) is 5.17. The first-order valence-electron chi connectivity index (χ1n) is 6.34. The van der Waals surface area contributed by atoms with Gasteiger partial charge in [0.15, 0.2) is 0 Å². The van der Waals surface area contributed by atoms with Crippen molar-refractivity contribution in [3.63, 3.8) is 0 Å². The number of benzene rings is 1. The van der Waals surface area contributed by atoms with E-state index < -0.39 is 0 Å². The molecule has 0 aliphatic carbocycles. The third-order valence-corrected chi connectivity index (χ3v) is 3.68.